The maximum atomic E-state index is 12.6. The van der Waals surface area contributed by atoms with Crippen LogP contribution in [-0.2, 0) is 15.0 Å². The van der Waals surface area contributed by atoms with E-state index < -0.39 is 0 Å². The molecule has 2 aliphatic rings. The minimum atomic E-state index is 0.0452. The lowest BCUT2D eigenvalue weighted by Crippen LogP contribution is -2.45. The molecule has 2 amide bonds. The summed E-state index contributed by atoms with van der Waals surface area (Å²) < 4.78 is 0. The van der Waals surface area contributed by atoms with Gasteiger partial charge in [-0.15, -0.1) is 0 Å². The van der Waals surface area contributed by atoms with Crippen LogP contribution in [0.3, 0.4) is 0 Å². The normalized spacial score (nSPS) is 19.2. The predicted molar refractivity (Wildman–Crippen MR) is 114 cm³/mol. The molecule has 2 aliphatic heterocycles. The van der Waals surface area contributed by atoms with E-state index in [1.165, 1.54) is 12.0 Å². The molecule has 0 aromatic heterocycles. The lowest BCUT2D eigenvalue weighted by Gasteiger charge is -2.35. The topological polar surface area (TPSA) is 40.6 Å². The zero-order valence-corrected chi connectivity index (χ0v) is 17.6. The Kier molecular flexibility index (Phi) is 6.58. The molecule has 1 aromatic carbocycles. The second-order valence-electron chi connectivity index (χ2n) is 9.19. The van der Waals surface area contributed by atoms with E-state index in [1.807, 2.05) is 15.9 Å². The van der Waals surface area contributed by atoms with Crippen molar-refractivity contribution in [1.29, 1.82) is 0 Å². The molecule has 0 spiro atoms. The summed E-state index contributed by atoms with van der Waals surface area (Å²) in [7, 11) is 0. The molecular formula is C24H34N2O2. The van der Waals surface area contributed by atoms with Crippen molar-refractivity contribution < 1.29 is 9.59 Å². The van der Waals surface area contributed by atoms with Crippen LogP contribution in [0.5, 0.6) is 0 Å². The Bertz CT molecular complexity index is 701. The van der Waals surface area contributed by atoms with Crippen LogP contribution in [0.15, 0.2) is 30.3 Å². The first-order valence-electron chi connectivity index (χ1n) is 10.7. The van der Waals surface area contributed by atoms with Crippen molar-refractivity contribution in [2.24, 2.45) is 5.92 Å². The molecule has 0 aliphatic carbocycles. The Morgan fingerprint density at radius 2 is 1.50 bits per heavy atom. The Labute approximate surface area is 169 Å². The first-order valence-corrected chi connectivity index (χ1v) is 10.7. The van der Waals surface area contributed by atoms with Gasteiger partial charge < -0.3 is 9.80 Å². The van der Waals surface area contributed by atoms with Crippen molar-refractivity contribution in [2.45, 2.75) is 58.3 Å². The van der Waals surface area contributed by atoms with Gasteiger partial charge >= 0.3 is 0 Å². The minimum Gasteiger partial charge on any atom is -0.342 e. The second-order valence-corrected chi connectivity index (χ2v) is 9.19. The third kappa shape index (κ3) is 5.24. The van der Waals surface area contributed by atoms with Crippen molar-refractivity contribution in [3.8, 4) is 0 Å². The summed E-state index contributed by atoms with van der Waals surface area (Å²) in [5.74, 6) is 0.445. The zero-order valence-electron chi connectivity index (χ0n) is 17.6. The molecule has 2 saturated heterocycles. The fraction of sp³-hybridized carbons (Fsp3) is 0.583. The Morgan fingerprint density at radius 1 is 0.893 bits per heavy atom. The molecule has 0 atom stereocenters. The van der Waals surface area contributed by atoms with Gasteiger partial charge in [0.25, 0.3) is 0 Å². The van der Waals surface area contributed by atoms with Gasteiger partial charge in [-0.25, -0.2) is 0 Å². The molecule has 152 valence electrons. The molecule has 4 heteroatoms. The molecule has 2 heterocycles. The highest BCUT2D eigenvalue weighted by Crippen LogP contribution is 2.24. The van der Waals surface area contributed by atoms with E-state index in [0.717, 1.165) is 44.3 Å². The van der Waals surface area contributed by atoms with Crippen LogP contribution in [-0.4, -0.2) is 47.8 Å². The van der Waals surface area contributed by atoms with Gasteiger partial charge in [0, 0.05) is 38.2 Å². The molecule has 0 unspecified atom stereocenters. The van der Waals surface area contributed by atoms with E-state index in [-0.39, 0.29) is 17.2 Å². The van der Waals surface area contributed by atoms with Crippen molar-refractivity contribution in [1.82, 2.24) is 9.80 Å². The van der Waals surface area contributed by atoms with Crippen molar-refractivity contribution in [3.05, 3.63) is 41.5 Å². The summed E-state index contributed by atoms with van der Waals surface area (Å²) >= 11 is 0. The SMILES string of the molecule is CC(C)(C)c1ccc(/C=C/C(=O)N2CCC(C(=O)N3CCCCC3)CC2)cc1. The van der Waals surface area contributed by atoms with E-state index in [1.54, 1.807) is 6.08 Å². The average molecular weight is 383 g/mol. The number of likely N-dealkylation sites (tertiary alicyclic amines) is 2. The number of rotatable bonds is 3. The fourth-order valence-electron chi connectivity index (χ4n) is 4.09. The smallest absolute Gasteiger partial charge is 0.246 e. The van der Waals surface area contributed by atoms with Gasteiger partial charge in [-0.3, -0.25) is 9.59 Å². The van der Waals surface area contributed by atoms with Gasteiger partial charge in [-0.05, 0) is 54.7 Å². The summed E-state index contributed by atoms with van der Waals surface area (Å²) in [6, 6.07) is 8.38. The van der Waals surface area contributed by atoms with Gasteiger partial charge in [0.15, 0.2) is 0 Å². The van der Waals surface area contributed by atoms with Crippen LogP contribution in [0.4, 0.5) is 0 Å². The number of hydrogen-bond donors (Lipinski definition) is 0. The van der Waals surface area contributed by atoms with Gasteiger partial charge in [0.2, 0.25) is 11.8 Å². The van der Waals surface area contributed by atoms with E-state index in [9.17, 15) is 9.59 Å². The highest BCUT2D eigenvalue weighted by atomic mass is 16.2. The lowest BCUT2D eigenvalue weighted by molar-refractivity contribution is -0.140. The standard InChI is InChI=1S/C24H34N2O2/c1-24(2,3)21-10-7-19(8-11-21)9-12-22(27)25-17-13-20(14-18-25)23(28)26-15-5-4-6-16-26/h7-12,20H,4-6,13-18H2,1-3H3/b12-9+. The molecule has 0 N–H and O–H groups in total. The second kappa shape index (κ2) is 8.93. The Morgan fingerprint density at radius 3 is 2.07 bits per heavy atom. The van der Waals surface area contributed by atoms with Gasteiger partial charge in [0.05, 0.1) is 0 Å². The highest BCUT2D eigenvalue weighted by molar-refractivity contribution is 5.92. The maximum Gasteiger partial charge on any atom is 0.246 e. The minimum absolute atomic E-state index is 0.0452. The van der Waals surface area contributed by atoms with Crippen molar-refractivity contribution in [2.75, 3.05) is 26.2 Å². The highest BCUT2D eigenvalue weighted by Gasteiger charge is 2.30. The van der Waals surface area contributed by atoms with Gasteiger partial charge in [-0.1, -0.05) is 45.0 Å². The quantitative estimate of drug-likeness (QED) is 0.734. The van der Waals surface area contributed by atoms with Gasteiger partial charge in [-0.2, -0.15) is 0 Å². The number of hydrogen-bond acceptors (Lipinski definition) is 2. The van der Waals surface area contributed by atoms with Crippen LogP contribution in [0.1, 0.15) is 64.0 Å². The number of nitrogens with zero attached hydrogens (tertiary/aromatic N) is 2. The molecule has 1 aromatic rings. The first kappa shape index (κ1) is 20.6. The maximum absolute atomic E-state index is 12.6. The van der Waals surface area contributed by atoms with Gasteiger partial charge in [0.1, 0.15) is 0 Å². The molecule has 4 nitrogen and oxygen atoms in total. The molecule has 3 rings (SSSR count). The third-order valence-corrected chi connectivity index (χ3v) is 6.02. The number of carbonyl (C=O) groups is 2. The molecule has 0 bridgehead atoms. The monoisotopic (exact) mass is 382 g/mol. The number of benzene rings is 1. The van der Waals surface area contributed by atoms with E-state index in [0.29, 0.717) is 19.0 Å². The lowest BCUT2D eigenvalue weighted by atomic mass is 9.87. The molecule has 0 radical (unpaired) electrons. The molecule has 2 fully saturated rings. The predicted octanol–water partition coefficient (Wildman–Crippen LogP) is 4.25. The van der Waals surface area contributed by atoms with Crippen LogP contribution in [0.2, 0.25) is 0 Å². The van der Waals surface area contributed by atoms with Crippen LogP contribution < -0.4 is 0 Å². The van der Waals surface area contributed by atoms with Crippen molar-refractivity contribution in [3.63, 3.8) is 0 Å². The summed E-state index contributed by atoms with van der Waals surface area (Å²) in [5, 5.41) is 0. The summed E-state index contributed by atoms with van der Waals surface area (Å²) in [6.45, 7) is 9.76. The number of piperidine rings is 2. The van der Waals surface area contributed by atoms with E-state index >= 15 is 0 Å². The molecule has 28 heavy (non-hydrogen) atoms. The third-order valence-electron chi connectivity index (χ3n) is 6.02. The van der Waals surface area contributed by atoms with Crippen LogP contribution in [0.25, 0.3) is 6.08 Å². The zero-order chi connectivity index (χ0) is 20.1. The van der Waals surface area contributed by atoms with E-state index in [2.05, 4.69) is 45.0 Å². The number of carbonyl (C=O) groups excluding carboxylic acids is 2. The molecule has 0 saturated carbocycles. The van der Waals surface area contributed by atoms with Crippen LogP contribution in [0, 0.1) is 5.92 Å². The van der Waals surface area contributed by atoms with E-state index in [4.69, 9.17) is 0 Å². The molecular weight excluding hydrogens is 348 g/mol. The van der Waals surface area contributed by atoms with Crippen molar-refractivity contribution >= 4 is 17.9 Å². The summed E-state index contributed by atoms with van der Waals surface area (Å²) in [5.41, 5.74) is 2.46. The number of amides is 2. The summed E-state index contributed by atoms with van der Waals surface area (Å²) in [4.78, 5) is 29.1. The Balaban J connectivity index is 1.49. The largest absolute Gasteiger partial charge is 0.342 e. The van der Waals surface area contributed by atoms with Crippen LogP contribution >= 0.6 is 0 Å². The fourth-order valence-corrected chi connectivity index (χ4v) is 4.09. The Hall–Kier alpha value is -2.10. The first-order chi connectivity index (χ1) is 13.3. The average Bonchev–Trinajstić information content (AvgIpc) is 2.72. The summed E-state index contributed by atoms with van der Waals surface area (Å²) in [6.07, 6.45) is 8.63.